The molecule has 0 bridgehead atoms. The van der Waals surface area contributed by atoms with Gasteiger partial charge in [-0.15, -0.1) is 0 Å². The van der Waals surface area contributed by atoms with Crippen LogP contribution in [0.15, 0.2) is 109 Å². The van der Waals surface area contributed by atoms with E-state index in [4.69, 9.17) is 14.2 Å². The van der Waals surface area contributed by atoms with Crippen LogP contribution in [-0.2, 0) is 28.6 Å². The Hall–Kier alpha value is -3.93. The van der Waals surface area contributed by atoms with Crippen molar-refractivity contribution in [2.24, 2.45) is 0 Å². The predicted octanol–water partition coefficient (Wildman–Crippen LogP) is 23.4. The van der Waals surface area contributed by atoms with Gasteiger partial charge in [0.05, 0.1) is 0 Å². The van der Waals surface area contributed by atoms with E-state index in [9.17, 15) is 14.4 Å². The SMILES string of the molecule is CC/C=C\C/C=C\C/C=C\C/C=C\C/C=C\C/C=C\C/C=C\C/C=C\CCCCCCCCCCC(=O)OCC(COC(=O)CCCCCCC/C=C\CCC)OC(=O)CCCCCCCCCCCCCCCCCCCCC. The van der Waals surface area contributed by atoms with E-state index in [1.807, 2.05) is 0 Å². The largest absolute Gasteiger partial charge is 0.462 e. The third kappa shape index (κ3) is 64.9. The molecule has 0 radical (unpaired) electrons. The highest BCUT2D eigenvalue weighted by molar-refractivity contribution is 5.71. The molecule has 0 aliphatic rings. The lowest BCUT2D eigenvalue weighted by molar-refractivity contribution is -0.167. The molecular weight excluding hydrogens is 985 g/mol. The van der Waals surface area contributed by atoms with Gasteiger partial charge in [-0.3, -0.25) is 14.4 Å². The van der Waals surface area contributed by atoms with Crippen molar-refractivity contribution in [1.82, 2.24) is 0 Å². The second-order valence-electron chi connectivity index (χ2n) is 22.4. The first-order chi connectivity index (χ1) is 39.5. The summed E-state index contributed by atoms with van der Waals surface area (Å²) in [5, 5.41) is 0. The van der Waals surface area contributed by atoms with Gasteiger partial charge in [0.1, 0.15) is 13.2 Å². The fourth-order valence-corrected chi connectivity index (χ4v) is 9.46. The van der Waals surface area contributed by atoms with Crippen LogP contribution >= 0.6 is 0 Å². The zero-order chi connectivity index (χ0) is 57.8. The first-order valence-electron chi connectivity index (χ1n) is 33.9. The molecule has 6 heteroatoms. The van der Waals surface area contributed by atoms with E-state index < -0.39 is 6.10 Å². The highest BCUT2D eigenvalue weighted by Crippen LogP contribution is 2.17. The fourth-order valence-electron chi connectivity index (χ4n) is 9.46. The van der Waals surface area contributed by atoms with Gasteiger partial charge in [-0.1, -0.05) is 310 Å². The van der Waals surface area contributed by atoms with Gasteiger partial charge in [0.25, 0.3) is 0 Å². The van der Waals surface area contributed by atoms with Gasteiger partial charge < -0.3 is 14.2 Å². The minimum absolute atomic E-state index is 0.0823. The van der Waals surface area contributed by atoms with Gasteiger partial charge >= 0.3 is 17.9 Å². The normalized spacial score (nSPS) is 12.8. The van der Waals surface area contributed by atoms with Crippen molar-refractivity contribution >= 4 is 17.9 Å². The highest BCUT2D eigenvalue weighted by Gasteiger charge is 2.19. The van der Waals surface area contributed by atoms with Crippen LogP contribution in [0.5, 0.6) is 0 Å². The highest BCUT2D eigenvalue weighted by atomic mass is 16.6. The Kier molecular flexibility index (Phi) is 64.3. The molecule has 0 rings (SSSR count). The summed E-state index contributed by atoms with van der Waals surface area (Å²) in [4.78, 5) is 38.3. The molecule has 458 valence electrons. The summed E-state index contributed by atoms with van der Waals surface area (Å²) in [6, 6.07) is 0. The number of allylic oxidation sites excluding steroid dienone is 18. The van der Waals surface area contributed by atoms with Crippen LogP contribution in [-0.4, -0.2) is 37.2 Å². The number of unbranched alkanes of at least 4 members (excludes halogenated alkanes) is 32. The Morgan fingerprint density at radius 2 is 0.512 bits per heavy atom. The van der Waals surface area contributed by atoms with Crippen molar-refractivity contribution in [3.63, 3.8) is 0 Å². The van der Waals surface area contributed by atoms with Gasteiger partial charge in [-0.2, -0.15) is 0 Å². The van der Waals surface area contributed by atoms with Crippen molar-refractivity contribution in [1.29, 1.82) is 0 Å². The molecule has 0 aromatic rings. The van der Waals surface area contributed by atoms with Crippen molar-refractivity contribution in [3.05, 3.63) is 109 Å². The van der Waals surface area contributed by atoms with E-state index in [0.29, 0.717) is 19.3 Å². The standard InChI is InChI=1S/C74H126O6/c1-4-7-10-13-16-19-22-24-26-28-30-31-32-33-34-35-36-37-38-39-40-41-42-43-45-46-48-50-52-55-58-61-64-67-73(76)79-70-71(69-78-72(75)66-63-60-57-54-21-18-15-12-9-6-3)80-74(77)68-65-62-59-56-53-51-49-47-44-29-27-25-23-20-17-14-11-8-5-2/h7,10,12,15-16,19,24,26,30-31,33-34,36-37,39-40,42-43,71H,4-6,8-9,11,13-14,17-18,20-23,25,27-29,32,35,38,41,44-70H2,1-3H3/b10-7-,15-12-,19-16-,26-24-,31-30-,34-33-,37-36-,40-39-,43-42-. The van der Waals surface area contributed by atoms with Gasteiger partial charge in [-0.05, 0) is 103 Å². The summed E-state index contributed by atoms with van der Waals surface area (Å²) >= 11 is 0. The molecular formula is C74H126O6. The maximum Gasteiger partial charge on any atom is 0.306 e. The Bertz CT molecular complexity index is 1610. The number of carbonyl (C=O) groups is 3. The lowest BCUT2D eigenvalue weighted by atomic mass is 10.0. The van der Waals surface area contributed by atoms with Crippen LogP contribution in [0.3, 0.4) is 0 Å². The van der Waals surface area contributed by atoms with Gasteiger partial charge in [-0.25, -0.2) is 0 Å². The molecule has 0 aliphatic carbocycles. The third-order valence-corrected chi connectivity index (χ3v) is 14.5. The van der Waals surface area contributed by atoms with E-state index in [0.717, 1.165) is 128 Å². The van der Waals surface area contributed by atoms with Gasteiger partial charge in [0.2, 0.25) is 0 Å². The predicted molar refractivity (Wildman–Crippen MR) is 348 cm³/mol. The van der Waals surface area contributed by atoms with Crippen LogP contribution in [0.2, 0.25) is 0 Å². The molecule has 1 atom stereocenters. The first-order valence-corrected chi connectivity index (χ1v) is 33.9. The average Bonchev–Trinajstić information content (AvgIpc) is 3.46. The lowest BCUT2D eigenvalue weighted by Crippen LogP contribution is -2.30. The monoisotopic (exact) mass is 1110 g/mol. The number of hydrogen-bond acceptors (Lipinski definition) is 6. The number of rotatable bonds is 61. The van der Waals surface area contributed by atoms with Crippen molar-refractivity contribution in [2.75, 3.05) is 13.2 Å². The van der Waals surface area contributed by atoms with Crippen LogP contribution in [0, 0.1) is 0 Å². The topological polar surface area (TPSA) is 78.9 Å². The summed E-state index contributed by atoms with van der Waals surface area (Å²) in [7, 11) is 0. The maximum atomic E-state index is 12.9. The maximum absolute atomic E-state index is 12.9. The van der Waals surface area contributed by atoms with Gasteiger partial charge in [0.15, 0.2) is 6.10 Å². The van der Waals surface area contributed by atoms with Crippen LogP contribution < -0.4 is 0 Å². The summed E-state index contributed by atoms with van der Waals surface area (Å²) in [6.45, 7) is 6.48. The molecule has 0 spiro atoms. The minimum Gasteiger partial charge on any atom is -0.462 e. The Labute approximate surface area is 495 Å². The van der Waals surface area contributed by atoms with Crippen LogP contribution in [0.25, 0.3) is 0 Å². The zero-order valence-corrected chi connectivity index (χ0v) is 52.6. The molecule has 0 amide bonds. The molecule has 6 nitrogen and oxygen atoms in total. The molecule has 0 saturated heterocycles. The fraction of sp³-hybridized carbons (Fsp3) is 0.716. The van der Waals surface area contributed by atoms with E-state index in [2.05, 4.69) is 130 Å². The molecule has 1 unspecified atom stereocenters. The summed E-state index contributed by atoms with van der Waals surface area (Å²) < 4.78 is 16.9. The van der Waals surface area contributed by atoms with Crippen molar-refractivity contribution in [2.45, 2.75) is 329 Å². The summed E-state index contributed by atoms with van der Waals surface area (Å²) in [5.74, 6) is -0.889. The molecule has 0 N–H and O–H groups in total. The van der Waals surface area contributed by atoms with E-state index in [1.54, 1.807) is 0 Å². The van der Waals surface area contributed by atoms with Crippen molar-refractivity contribution in [3.8, 4) is 0 Å². The molecule has 0 heterocycles. The van der Waals surface area contributed by atoms with E-state index >= 15 is 0 Å². The molecule has 80 heavy (non-hydrogen) atoms. The van der Waals surface area contributed by atoms with Crippen molar-refractivity contribution < 1.29 is 28.6 Å². The molecule has 0 aromatic carbocycles. The zero-order valence-electron chi connectivity index (χ0n) is 52.6. The second kappa shape index (κ2) is 67.6. The van der Waals surface area contributed by atoms with Gasteiger partial charge in [0, 0.05) is 19.3 Å². The number of esters is 3. The number of carbonyl (C=O) groups excluding carboxylic acids is 3. The third-order valence-electron chi connectivity index (χ3n) is 14.5. The second-order valence-corrected chi connectivity index (χ2v) is 22.4. The average molecular weight is 1110 g/mol. The summed E-state index contributed by atoms with van der Waals surface area (Å²) in [6.07, 6.45) is 92.6. The van der Waals surface area contributed by atoms with Crippen LogP contribution in [0.4, 0.5) is 0 Å². The minimum atomic E-state index is -0.784. The number of ether oxygens (including phenoxy) is 3. The smallest absolute Gasteiger partial charge is 0.306 e. The quantitative estimate of drug-likeness (QED) is 0.0261. The van der Waals surface area contributed by atoms with E-state index in [-0.39, 0.29) is 31.1 Å². The Morgan fingerprint density at radius 1 is 0.263 bits per heavy atom. The molecule has 0 aromatic heterocycles. The Balaban J connectivity index is 4.21. The molecule has 0 saturated carbocycles. The lowest BCUT2D eigenvalue weighted by Gasteiger charge is -2.18. The molecule has 0 fully saturated rings. The van der Waals surface area contributed by atoms with Crippen LogP contribution in [0.1, 0.15) is 323 Å². The number of hydrogen-bond donors (Lipinski definition) is 0. The first kappa shape index (κ1) is 76.1. The Morgan fingerprint density at radius 3 is 0.825 bits per heavy atom. The molecule has 0 aliphatic heterocycles. The summed E-state index contributed by atoms with van der Waals surface area (Å²) in [5.41, 5.74) is 0. The van der Waals surface area contributed by atoms with E-state index in [1.165, 1.54) is 154 Å².